The Morgan fingerprint density at radius 3 is 2.58 bits per heavy atom. The van der Waals surface area contributed by atoms with Gasteiger partial charge in [-0.3, -0.25) is 9.59 Å². The zero-order chi connectivity index (χ0) is 14.4. The molecule has 1 aromatic rings. The van der Waals surface area contributed by atoms with Crippen LogP contribution < -0.4 is 11.1 Å². The average molecular weight is 265 g/mol. The minimum atomic E-state index is -0.160. The highest BCUT2D eigenvalue weighted by Crippen LogP contribution is 2.21. The Labute approximate surface area is 114 Å². The number of H-pyrrole nitrogens is 1. The van der Waals surface area contributed by atoms with E-state index < -0.39 is 0 Å². The molecule has 0 unspecified atom stereocenters. The molecule has 0 saturated heterocycles. The lowest BCUT2D eigenvalue weighted by Gasteiger charge is -2.06. The third-order valence-corrected chi connectivity index (χ3v) is 3.04. The van der Waals surface area contributed by atoms with Crippen LogP contribution in [0.25, 0.3) is 0 Å². The number of carbonyl (C=O) groups is 2. The quantitative estimate of drug-likeness (QED) is 0.516. The third-order valence-electron chi connectivity index (χ3n) is 3.04. The number of hydrogen-bond donors (Lipinski definition) is 3. The van der Waals surface area contributed by atoms with Crippen LogP contribution in [0.4, 0.5) is 0 Å². The molecule has 0 spiro atoms. The van der Waals surface area contributed by atoms with Gasteiger partial charge in [-0.1, -0.05) is 13.3 Å². The number of ketones is 1. The highest BCUT2D eigenvalue weighted by molar-refractivity contribution is 6.02. The van der Waals surface area contributed by atoms with Crippen molar-refractivity contribution in [1.82, 2.24) is 10.3 Å². The lowest BCUT2D eigenvalue weighted by molar-refractivity contribution is 0.0948. The Balaban J connectivity index is 3.02. The maximum absolute atomic E-state index is 12.1. The monoisotopic (exact) mass is 265 g/mol. The molecule has 0 fully saturated rings. The van der Waals surface area contributed by atoms with Gasteiger partial charge in [-0.15, -0.1) is 0 Å². The van der Waals surface area contributed by atoms with Gasteiger partial charge >= 0.3 is 0 Å². The molecule has 1 amide bonds. The van der Waals surface area contributed by atoms with Crippen LogP contribution in [0.1, 0.15) is 58.8 Å². The van der Waals surface area contributed by atoms with Crippen molar-refractivity contribution in [1.29, 1.82) is 0 Å². The van der Waals surface area contributed by atoms with Crippen molar-refractivity contribution in [3.8, 4) is 0 Å². The zero-order valence-electron chi connectivity index (χ0n) is 11.9. The summed E-state index contributed by atoms with van der Waals surface area (Å²) in [7, 11) is 0. The summed E-state index contributed by atoms with van der Waals surface area (Å²) < 4.78 is 0. The van der Waals surface area contributed by atoms with Crippen LogP contribution >= 0.6 is 0 Å². The first-order valence-electron chi connectivity index (χ1n) is 6.73. The molecule has 5 heteroatoms. The molecule has 0 saturated carbocycles. The Morgan fingerprint density at radius 2 is 2.05 bits per heavy atom. The lowest BCUT2D eigenvalue weighted by Crippen LogP contribution is -2.27. The number of nitrogens with one attached hydrogen (secondary N) is 2. The van der Waals surface area contributed by atoms with Gasteiger partial charge in [0.1, 0.15) is 5.69 Å². The highest BCUT2D eigenvalue weighted by Gasteiger charge is 2.21. The van der Waals surface area contributed by atoms with E-state index in [1.54, 1.807) is 0 Å². The fourth-order valence-electron chi connectivity index (χ4n) is 2.24. The molecule has 0 aliphatic heterocycles. The van der Waals surface area contributed by atoms with Crippen LogP contribution in [0.15, 0.2) is 0 Å². The van der Waals surface area contributed by atoms with E-state index in [2.05, 4.69) is 10.3 Å². The van der Waals surface area contributed by atoms with Crippen LogP contribution in [-0.4, -0.2) is 29.8 Å². The van der Waals surface area contributed by atoms with Gasteiger partial charge in [0.15, 0.2) is 5.78 Å². The summed E-state index contributed by atoms with van der Waals surface area (Å²) >= 11 is 0. The van der Waals surface area contributed by atoms with Gasteiger partial charge in [0, 0.05) is 17.8 Å². The Bertz CT molecular complexity index is 464. The molecule has 1 rings (SSSR count). The van der Waals surface area contributed by atoms with Crippen molar-refractivity contribution >= 4 is 11.7 Å². The van der Waals surface area contributed by atoms with E-state index in [9.17, 15) is 9.59 Å². The molecule has 1 heterocycles. The number of aromatic nitrogens is 1. The second-order valence-corrected chi connectivity index (χ2v) is 4.68. The predicted molar refractivity (Wildman–Crippen MR) is 75.5 cm³/mol. The summed E-state index contributed by atoms with van der Waals surface area (Å²) in [6, 6.07) is 0. The molecule has 4 N–H and O–H groups in total. The number of rotatable bonds is 7. The zero-order valence-corrected chi connectivity index (χ0v) is 11.9. The first-order valence-corrected chi connectivity index (χ1v) is 6.73. The summed E-state index contributed by atoms with van der Waals surface area (Å²) in [4.78, 5) is 26.8. The summed E-state index contributed by atoms with van der Waals surface area (Å²) in [6.07, 6.45) is 2.35. The Kier molecular flexibility index (Phi) is 5.76. The Hall–Kier alpha value is -1.62. The SMILES string of the molecule is CCCc1c(C(=O)NCCCN)[nH]c(C)c1C(C)=O. The van der Waals surface area contributed by atoms with Gasteiger partial charge in [-0.2, -0.15) is 0 Å². The lowest BCUT2D eigenvalue weighted by atomic mass is 10.0. The van der Waals surface area contributed by atoms with E-state index in [-0.39, 0.29) is 11.7 Å². The van der Waals surface area contributed by atoms with E-state index in [1.807, 2.05) is 13.8 Å². The summed E-state index contributed by atoms with van der Waals surface area (Å²) in [6.45, 7) is 6.49. The van der Waals surface area contributed by atoms with Crippen molar-refractivity contribution in [2.75, 3.05) is 13.1 Å². The first-order chi connectivity index (χ1) is 9.02. The maximum atomic E-state index is 12.1. The van der Waals surface area contributed by atoms with Crippen LogP contribution in [0, 0.1) is 6.92 Å². The number of hydrogen-bond acceptors (Lipinski definition) is 3. The minimum absolute atomic E-state index is 0.00166. The third kappa shape index (κ3) is 3.67. The number of nitrogens with two attached hydrogens (primary N) is 1. The van der Waals surface area contributed by atoms with Crippen LogP contribution in [-0.2, 0) is 6.42 Å². The van der Waals surface area contributed by atoms with Crippen molar-refractivity contribution < 1.29 is 9.59 Å². The molecule has 1 aromatic heterocycles. The second-order valence-electron chi connectivity index (χ2n) is 4.68. The molecule has 0 bridgehead atoms. The first kappa shape index (κ1) is 15.4. The van der Waals surface area contributed by atoms with Crippen molar-refractivity contribution in [2.24, 2.45) is 5.73 Å². The fraction of sp³-hybridized carbons (Fsp3) is 0.571. The molecule has 19 heavy (non-hydrogen) atoms. The summed E-state index contributed by atoms with van der Waals surface area (Å²) in [5.74, 6) is -0.161. The molecule has 0 radical (unpaired) electrons. The number of aryl methyl sites for hydroxylation is 1. The van der Waals surface area contributed by atoms with E-state index in [1.165, 1.54) is 6.92 Å². The molecule has 0 atom stereocenters. The topological polar surface area (TPSA) is 88.0 Å². The minimum Gasteiger partial charge on any atom is -0.354 e. The van der Waals surface area contributed by atoms with Gasteiger partial charge in [0.2, 0.25) is 0 Å². The highest BCUT2D eigenvalue weighted by atomic mass is 16.2. The van der Waals surface area contributed by atoms with Gasteiger partial charge in [-0.05, 0) is 38.8 Å². The van der Waals surface area contributed by atoms with Crippen LogP contribution in [0.2, 0.25) is 0 Å². The van der Waals surface area contributed by atoms with Crippen molar-refractivity contribution in [3.05, 3.63) is 22.5 Å². The van der Waals surface area contributed by atoms with Gasteiger partial charge in [-0.25, -0.2) is 0 Å². The van der Waals surface area contributed by atoms with E-state index in [4.69, 9.17) is 5.73 Å². The average Bonchev–Trinajstić information content (AvgIpc) is 2.67. The smallest absolute Gasteiger partial charge is 0.268 e. The molecule has 0 aliphatic rings. The molecular formula is C14H23N3O2. The number of amides is 1. The van der Waals surface area contributed by atoms with Crippen LogP contribution in [0.3, 0.4) is 0 Å². The normalized spacial score (nSPS) is 10.5. The van der Waals surface area contributed by atoms with Crippen molar-refractivity contribution in [3.63, 3.8) is 0 Å². The van der Waals surface area contributed by atoms with E-state index in [0.717, 1.165) is 30.5 Å². The second kappa shape index (κ2) is 7.09. The number of carbonyl (C=O) groups excluding carboxylic acids is 2. The Morgan fingerprint density at radius 1 is 1.37 bits per heavy atom. The molecule has 0 aliphatic carbocycles. The van der Waals surface area contributed by atoms with Crippen LogP contribution in [0.5, 0.6) is 0 Å². The largest absolute Gasteiger partial charge is 0.354 e. The standard InChI is InChI=1S/C14H23N3O2/c1-4-6-11-12(10(3)18)9(2)17-13(11)14(19)16-8-5-7-15/h17H,4-8,15H2,1-3H3,(H,16,19). The maximum Gasteiger partial charge on any atom is 0.268 e. The van der Waals surface area contributed by atoms with Crippen molar-refractivity contribution in [2.45, 2.75) is 40.0 Å². The fourth-order valence-corrected chi connectivity index (χ4v) is 2.24. The van der Waals surface area contributed by atoms with Gasteiger partial charge < -0.3 is 16.0 Å². The van der Waals surface area contributed by atoms with Gasteiger partial charge in [0.25, 0.3) is 5.91 Å². The molecule has 5 nitrogen and oxygen atoms in total. The van der Waals surface area contributed by atoms with E-state index in [0.29, 0.717) is 24.3 Å². The predicted octanol–water partition coefficient (Wildman–Crippen LogP) is 1.56. The molecule has 106 valence electrons. The molecular weight excluding hydrogens is 242 g/mol. The number of Topliss-reactive ketones (excluding diaryl/α,β-unsaturated/α-hetero) is 1. The molecule has 0 aromatic carbocycles. The van der Waals surface area contributed by atoms with E-state index >= 15 is 0 Å². The number of aromatic amines is 1. The summed E-state index contributed by atoms with van der Waals surface area (Å²) in [5, 5.41) is 2.82. The van der Waals surface area contributed by atoms with Gasteiger partial charge in [0.05, 0.1) is 0 Å². The summed E-state index contributed by atoms with van der Waals surface area (Å²) in [5.41, 5.74) is 8.16.